The number of anilines is 1. The van der Waals surface area contributed by atoms with Crippen LogP contribution < -0.4 is 11.1 Å². The molecular weight excluding hydrogens is 253 g/mol. The first-order chi connectivity index (χ1) is 8.65. The summed E-state index contributed by atoms with van der Waals surface area (Å²) in [4.78, 5) is 14.4. The van der Waals surface area contributed by atoms with E-state index in [0.717, 1.165) is 26.2 Å². The van der Waals surface area contributed by atoms with Crippen molar-refractivity contribution in [3.63, 3.8) is 0 Å². The third-order valence-electron chi connectivity index (χ3n) is 2.73. The minimum Gasteiger partial charge on any atom is -0.399 e. The molecular formula is C12H16FN3OS. The Bertz CT molecular complexity index is 415. The highest BCUT2D eigenvalue weighted by Gasteiger charge is 2.16. The van der Waals surface area contributed by atoms with Crippen LogP contribution in [0.25, 0.3) is 0 Å². The minimum atomic E-state index is -0.368. The number of piperazine rings is 1. The Balaban J connectivity index is 1.88. The molecule has 1 aliphatic heterocycles. The Hall–Kier alpha value is -1.27. The monoisotopic (exact) mass is 269 g/mol. The summed E-state index contributed by atoms with van der Waals surface area (Å²) in [5.41, 5.74) is 5.93. The van der Waals surface area contributed by atoms with Crippen molar-refractivity contribution in [2.75, 3.05) is 37.7 Å². The van der Waals surface area contributed by atoms with E-state index in [1.165, 1.54) is 23.9 Å². The number of nitrogen functional groups attached to an aromatic ring is 1. The Kier molecular flexibility index (Phi) is 4.43. The average Bonchev–Trinajstić information content (AvgIpc) is 2.36. The predicted octanol–water partition coefficient (Wildman–Crippen LogP) is 0.932. The van der Waals surface area contributed by atoms with Gasteiger partial charge in [-0.05, 0) is 18.2 Å². The molecule has 1 aromatic rings. The molecule has 1 amide bonds. The molecule has 1 heterocycles. The van der Waals surface area contributed by atoms with Gasteiger partial charge in [0, 0.05) is 36.8 Å². The fourth-order valence-electron chi connectivity index (χ4n) is 1.82. The van der Waals surface area contributed by atoms with Gasteiger partial charge in [-0.15, -0.1) is 11.8 Å². The van der Waals surface area contributed by atoms with Gasteiger partial charge in [-0.3, -0.25) is 4.79 Å². The SMILES string of the molecule is Nc1cc(F)cc(SCC(=O)N2CCNCC2)c1. The third kappa shape index (κ3) is 3.61. The highest BCUT2D eigenvalue weighted by atomic mass is 32.2. The molecule has 1 fully saturated rings. The Morgan fingerprint density at radius 2 is 2.11 bits per heavy atom. The summed E-state index contributed by atoms with van der Waals surface area (Å²) in [5.74, 6) is 0.0413. The van der Waals surface area contributed by atoms with Gasteiger partial charge in [0.2, 0.25) is 5.91 Å². The second-order valence-corrected chi connectivity index (χ2v) is 5.19. The van der Waals surface area contributed by atoms with Crippen LogP contribution in [0.1, 0.15) is 0 Å². The van der Waals surface area contributed by atoms with Gasteiger partial charge in [0.1, 0.15) is 5.82 Å². The van der Waals surface area contributed by atoms with Gasteiger partial charge < -0.3 is 16.0 Å². The Morgan fingerprint density at radius 1 is 1.39 bits per heavy atom. The van der Waals surface area contributed by atoms with Crippen molar-refractivity contribution in [3.8, 4) is 0 Å². The highest BCUT2D eigenvalue weighted by Crippen LogP contribution is 2.22. The Morgan fingerprint density at radius 3 is 2.78 bits per heavy atom. The number of benzene rings is 1. The van der Waals surface area contributed by atoms with Crippen LogP contribution in [-0.4, -0.2) is 42.7 Å². The number of amides is 1. The van der Waals surface area contributed by atoms with E-state index in [4.69, 9.17) is 5.73 Å². The summed E-state index contributed by atoms with van der Waals surface area (Å²) in [5, 5.41) is 3.19. The van der Waals surface area contributed by atoms with Crippen LogP contribution in [0.5, 0.6) is 0 Å². The molecule has 2 rings (SSSR count). The quantitative estimate of drug-likeness (QED) is 0.633. The lowest BCUT2D eigenvalue weighted by Crippen LogP contribution is -2.47. The van der Waals surface area contributed by atoms with Crippen molar-refractivity contribution in [3.05, 3.63) is 24.0 Å². The van der Waals surface area contributed by atoms with E-state index in [0.29, 0.717) is 16.3 Å². The highest BCUT2D eigenvalue weighted by molar-refractivity contribution is 8.00. The van der Waals surface area contributed by atoms with E-state index in [1.54, 1.807) is 6.07 Å². The average molecular weight is 269 g/mol. The smallest absolute Gasteiger partial charge is 0.233 e. The topological polar surface area (TPSA) is 58.4 Å². The second-order valence-electron chi connectivity index (χ2n) is 4.14. The normalized spacial score (nSPS) is 15.7. The summed E-state index contributed by atoms with van der Waals surface area (Å²) >= 11 is 1.32. The largest absolute Gasteiger partial charge is 0.399 e. The first-order valence-electron chi connectivity index (χ1n) is 5.82. The van der Waals surface area contributed by atoms with Gasteiger partial charge >= 0.3 is 0 Å². The predicted molar refractivity (Wildman–Crippen MR) is 71.0 cm³/mol. The van der Waals surface area contributed by atoms with Crippen LogP contribution in [0.3, 0.4) is 0 Å². The molecule has 0 spiro atoms. The summed E-state index contributed by atoms with van der Waals surface area (Å²) < 4.78 is 13.1. The number of nitrogens with two attached hydrogens (primary N) is 1. The molecule has 0 bridgehead atoms. The number of carbonyl (C=O) groups excluding carboxylic acids is 1. The van der Waals surface area contributed by atoms with Crippen molar-refractivity contribution < 1.29 is 9.18 Å². The summed E-state index contributed by atoms with van der Waals surface area (Å²) in [7, 11) is 0. The molecule has 3 N–H and O–H groups in total. The molecule has 4 nitrogen and oxygen atoms in total. The molecule has 0 unspecified atom stereocenters. The number of carbonyl (C=O) groups is 1. The summed E-state index contributed by atoms with van der Waals surface area (Å²) in [6, 6.07) is 4.34. The zero-order valence-electron chi connectivity index (χ0n) is 9.99. The fourth-order valence-corrected chi connectivity index (χ4v) is 2.71. The van der Waals surface area contributed by atoms with E-state index in [1.807, 2.05) is 4.90 Å². The Labute approximate surface area is 110 Å². The van der Waals surface area contributed by atoms with Crippen molar-refractivity contribution in [1.29, 1.82) is 0 Å². The van der Waals surface area contributed by atoms with E-state index < -0.39 is 0 Å². The van der Waals surface area contributed by atoms with E-state index in [9.17, 15) is 9.18 Å². The lowest BCUT2D eigenvalue weighted by atomic mass is 10.3. The van der Waals surface area contributed by atoms with Gasteiger partial charge in [0.05, 0.1) is 5.75 Å². The number of hydrogen-bond donors (Lipinski definition) is 2. The van der Waals surface area contributed by atoms with Crippen molar-refractivity contribution >= 4 is 23.4 Å². The van der Waals surface area contributed by atoms with Crippen molar-refractivity contribution in [2.24, 2.45) is 0 Å². The molecule has 1 saturated heterocycles. The summed E-state index contributed by atoms with van der Waals surface area (Å²) in [6.07, 6.45) is 0. The van der Waals surface area contributed by atoms with Crippen LogP contribution in [0.2, 0.25) is 0 Å². The maximum Gasteiger partial charge on any atom is 0.233 e. The van der Waals surface area contributed by atoms with E-state index >= 15 is 0 Å². The number of thioether (sulfide) groups is 1. The van der Waals surface area contributed by atoms with Crippen LogP contribution in [0.15, 0.2) is 23.1 Å². The van der Waals surface area contributed by atoms with Crippen LogP contribution in [0, 0.1) is 5.82 Å². The van der Waals surface area contributed by atoms with Crippen molar-refractivity contribution in [1.82, 2.24) is 10.2 Å². The molecule has 1 aliphatic rings. The second kappa shape index (κ2) is 6.06. The molecule has 0 saturated carbocycles. The van der Waals surface area contributed by atoms with Gasteiger partial charge in [-0.25, -0.2) is 4.39 Å². The van der Waals surface area contributed by atoms with Gasteiger partial charge in [-0.2, -0.15) is 0 Å². The number of hydrogen-bond acceptors (Lipinski definition) is 4. The number of rotatable bonds is 3. The van der Waals surface area contributed by atoms with Crippen LogP contribution in [-0.2, 0) is 4.79 Å². The first-order valence-corrected chi connectivity index (χ1v) is 6.81. The third-order valence-corrected chi connectivity index (χ3v) is 3.69. The molecule has 1 aromatic carbocycles. The molecule has 0 atom stereocenters. The molecule has 0 aliphatic carbocycles. The van der Waals surface area contributed by atoms with Crippen LogP contribution >= 0.6 is 11.8 Å². The van der Waals surface area contributed by atoms with Crippen molar-refractivity contribution in [2.45, 2.75) is 4.90 Å². The first kappa shape index (κ1) is 13.2. The zero-order valence-corrected chi connectivity index (χ0v) is 10.8. The zero-order chi connectivity index (χ0) is 13.0. The molecule has 0 radical (unpaired) electrons. The van der Waals surface area contributed by atoms with Gasteiger partial charge in [-0.1, -0.05) is 0 Å². The number of nitrogens with one attached hydrogen (secondary N) is 1. The number of nitrogens with zero attached hydrogens (tertiary/aromatic N) is 1. The molecule has 98 valence electrons. The maximum absolute atomic E-state index is 13.1. The fraction of sp³-hybridized carbons (Fsp3) is 0.417. The lowest BCUT2D eigenvalue weighted by Gasteiger charge is -2.27. The van der Waals surface area contributed by atoms with Gasteiger partial charge in [0.25, 0.3) is 0 Å². The standard InChI is InChI=1S/C12H16FN3OS/c13-9-5-10(14)7-11(6-9)18-8-12(17)16-3-1-15-2-4-16/h5-7,15H,1-4,8,14H2. The van der Waals surface area contributed by atoms with E-state index in [2.05, 4.69) is 5.32 Å². The van der Waals surface area contributed by atoms with Gasteiger partial charge in [0.15, 0.2) is 0 Å². The minimum absolute atomic E-state index is 0.0873. The molecule has 0 aromatic heterocycles. The maximum atomic E-state index is 13.1. The molecule has 18 heavy (non-hydrogen) atoms. The summed E-state index contributed by atoms with van der Waals surface area (Å²) in [6.45, 7) is 3.15. The lowest BCUT2D eigenvalue weighted by molar-refractivity contribution is -0.128. The molecule has 6 heteroatoms. The number of halogens is 1. The van der Waals surface area contributed by atoms with Crippen LogP contribution in [0.4, 0.5) is 10.1 Å². The van der Waals surface area contributed by atoms with E-state index in [-0.39, 0.29) is 11.7 Å².